The van der Waals surface area contributed by atoms with Crippen LogP contribution in [0.2, 0.25) is 0 Å². The maximum atomic E-state index is 12.4. The van der Waals surface area contributed by atoms with E-state index in [9.17, 15) is 14.7 Å². The molecule has 2 fully saturated rings. The molecular formula is C13H22N2O4. The summed E-state index contributed by atoms with van der Waals surface area (Å²) in [7, 11) is 0. The van der Waals surface area contributed by atoms with Crippen molar-refractivity contribution in [1.82, 2.24) is 9.80 Å². The normalized spacial score (nSPS) is 28.9. The van der Waals surface area contributed by atoms with Crippen molar-refractivity contribution in [3.05, 3.63) is 0 Å². The molecule has 2 rings (SSSR count). The lowest BCUT2D eigenvalue weighted by molar-refractivity contribution is -0.141. The van der Waals surface area contributed by atoms with Crippen LogP contribution in [0.5, 0.6) is 0 Å². The Hall–Kier alpha value is -1.30. The molecule has 0 aromatic rings. The number of carbonyl (C=O) groups is 2. The molecule has 0 unspecified atom stereocenters. The van der Waals surface area contributed by atoms with Crippen molar-refractivity contribution in [3.8, 4) is 0 Å². The Bertz CT molecular complexity index is 340. The zero-order valence-corrected chi connectivity index (χ0v) is 11.1. The van der Waals surface area contributed by atoms with E-state index < -0.39 is 18.1 Å². The number of urea groups is 1. The molecule has 2 heterocycles. The number of aliphatic hydroxyl groups excluding tert-OH is 1. The zero-order chi connectivity index (χ0) is 13.8. The Labute approximate surface area is 113 Å². The predicted molar refractivity (Wildman–Crippen MR) is 68.8 cm³/mol. The molecule has 2 aliphatic rings. The lowest BCUT2D eigenvalue weighted by Crippen LogP contribution is -2.49. The van der Waals surface area contributed by atoms with Crippen molar-refractivity contribution in [1.29, 1.82) is 0 Å². The van der Waals surface area contributed by atoms with E-state index in [-0.39, 0.29) is 19.0 Å². The van der Waals surface area contributed by atoms with Gasteiger partial charge >= 0.3 is 12.0 Å². The summed E-state index contributed by atoms with van der Waals surface area (Å²) in [6.45, 7) is 1.52. The standard InChI is InChI=1S/C13H22N2O4/c16-10-8-11(12(17)18)15(9-10)13(19)14-6-4-2-1-3-5-7-14/h10-11,16H,1-9H2,(H,17,18)/t10-,11-/m0/s1. The smallest absolute Gasteiger partial charge is 0.326 e. The van der Waals surface area contributed by atoms with Crippen LogP contribution in [0, 0.1) is 0 Å². The summed E-state index contributed by atoms with van der Waals surface area (Å²) < 4.78 is 0. The average Bonchev–Trinajstić information content (AvgIpc) is 2.70. The lowest BCUT2D eigenvalue weighted by atomic mass is 10.1. The quantitative estimate of drug-likeness (QED) is 0.741. The van der Waals surface area contributed by atoms with Crippen LogP contribution >= 0.6 is 0 Å². The maximum absolute atomic E-state index is 12.4. The molecular weight excluding hydrogens is 248 g/mol. The van der Waals surface area contributed by atoms with Crippen molar-refractivity contribution in [2.45, 2.75) is 50.7 Å². The summed E-state index contributed by atoms with van der Waals surface area (Å²) in [5.74, 6) is -1.03. The summed E-state index contributed by atoms with van der Waals surface area (Å²) >= 11 is 0. The van der Waals surface area contributed by atoms with Crippen molar-refractivity contribution in [2.75, 3.05) is 19.6 Å². The molecule has 6 heteroatoms. The van der Waals surface area contributed by atoms with E-state index in [1.165, 1.54) is 11.3 Å². The number of aliphatic carboxylic acids is 1. The van der Waals surface area contributed by atoms with Crippen LogP contribution in [0.25, 0.3) is 0 Å². The lowest BCUT2D eigenvalue weighted by Gasteiger charge is -2.31. The molecule has 6 nitrogen and oxygen atoms in total. The van der Waals surface area contributed by atoms with E-state index in [0.29, 0.717) is 13.1 Å². The minimum Gasteiger partial charge on any atom is -0.480 e. The minimum atomic E-state index is -1.03. The molecule has 108 valence electrons. The van der Waals surface area contributed by atoms with Gasteiger partial charge in [-0.2, -0.15) is 0 Å². The van der Waals surface area contributed by atoms with Crippen molar-refractivity contribution in [3.63, 3.8) is 0 Å². The molecule has 2 N–H and O–H groups in total. The van der Waals surface area contributed by atoms with E-state index in [2.05, 4.69) is 0 Å². The number of aliphatic hydroxyl groups is 1. The van der Waals surface area contributed by atoms with Crippen LogP contribution in [0.3, 0.4) is 0 Å². The molecule has 0 radical (unpaired) electrons. The molecule has 2 saturated heterocycles. The Morgan fingerprint density at radius 1 is 1.00 bits per heavy atom. The van der Waals surface area contributed by atoms with Gasteiger partial charge in [0.25, 0.3) is 0 Å². The largest absolute Gasteiger partial charge is 0.480 e. The SMILES string of the molecule is O=C(O)[C@@H]1C[C@H](O)CN1C(=O)N1CCCCCCC1. The fourth-order valence-electron chi connectivity index (χ4n) is 2.88. The monoisotopic (exact) mass is 270 g/mol. The molecule has 2 aliphatic heterocycles. The maximum Gasteiger partial charge on any atom is 0.326 e. The number of likely N-dealkylation sites (tertiary alicyclic amines) is 2. The van der Waals surface area contributed by atoms with Gasteiger partial charge in [0.2, 0.25) is 0 Å². The number of β-amino-alcohol motifs (C(OH)–C–C–N with tert-alkyl or cyclic N) is 1. The number of carboxylic acids is 1. The van der Waals surface area contributed by atoms with Gasteiger partial charge in [-0.25, -0.2) is 9.59 Å². The molecule has 0 aliphatic carbocycles. The number of nitrogens with zero attached hydrogens (tertiary/aromatic N) is 2. The molecule has 19 heavy (non-hydrogen) atoms. The van der Waals surface area contributed by atoms with Gasteiger partial charge in [-0.1, -0.05) is 19.3 Å². The van der Waals surface area contributed by atoms with Crippen LogP contribution in [0.1, 0.15) is 38.5 Å². The van der Waals surface area contributed by atoms with Gasteiger partial charge in [-0.15, -0.1) is 0 Å². The Morgan fingerprint density at radius 3 is 2.16 bits per heavy atom. The molecule has 0 spiro atoms. The Morgan fingerprint density at radius 2 is 1.58 bits per heavy atom. The summed E-state index contributed by atoms with van der Waals surface area (Å²) in [4.78, 5) is 26.6. The summed E-state index contributed by atoms with van der Waals surface area (Å²) in [6.07, 6.45) is 4.81. The first-order chi connectivity index (χ1) is 9.09. The van der Waals surface area contributed by atoms with Gasteiger partial charge in [0.15, 0.2) is 0 Å². The minimum absolute atomic E-state index is 0.131. The first-order valence-electron chi connectivity index (χ1n) is 7.06. The third-order valence-electron chi connectivity index (χ3n) is 3.94. The van der Waals surface area contributed by atoms with Crippen LogP contribution in [-0.2, 0) is 4.79 Å². The average molecular weight is 270 g/mol. The van der Waals surface area contributed by atoms with Crippen LogP contribution in [0.15, 0.2) is 0 Å². The highest BCUT2D eigenvalue weighted by Crippen LogP contribution is 2.21. The van der Waals surface area contributed by atoms with Gasteiger partial charge in [0.05, 0.1) is 6.10 Å². The van der Waals surface area contributed by atoms with Crippen LogP contribution in [0.4, 0.5) is 4.79 Å². The third-order valence-corrected chi connectivity index (χ3v) is 3.94. The summed E-state index contributed by atoms with van der Waals surface area (Å²) in [5, 5.41) is 18.7. The number of hydrogen-bond donors (Lipinski definition) is 2. The Balaban J connectivity index is 2.02. The number of rotatable bonds is 1. The van der Waals surface area contributed by atoms with Crippen LogP contribution < -0.4 is 0 Å². The number of carboxylic acid groups (broad SMARTS) is 1. The highest BCUT2D eigenvalue weighted by atomic mass is 16.4. The van der Waals surface area contributed by atoms with E-state index in [1.54, 1.807) is 4.90 Å². The second-order valence-electron chi connectivity index (χ2n) is 5.43. The molecule has 0 aromatic heterocycles. The van der Waals surface area contributed by atoms with E-state index in [1.807, 2.05) is 0 Å². The Kier molecular flexibility index (Phi) is 4.63. The van der Waals surface area contributed by atoms with Gasteiger partial charge in [-0.05, 0) is 12.8 Å². The first kappa shape index (κ1) is 14.1. The molecule has 2 atom stereocenters. The predicted octanol–water partition coefficient (Wildman–Crippen LogP) is 0.892. The highest BCUT2D eigenvalue weighted by molar-refractivity contribution is 5.83. The molecule has 2 amide bonds. The van der Waals surface area contributed by atoms with Gasteiger partial charge in [0.1, 0.15) is 6.04 Å². The summed E-state index contributed by atoms with van der Waals surface area (Å²) in [5.41, 5.74) is 0. The second-order valence-corrected chi connectivity index (χ2v) is 5.43. The van der Waals surface area contributed by atoms with Gasteiger partial charge in [0, 0.05) is 26.1 Å². The molecule has 0 bridgehead atoms. The number of hydrogen-bond acceptors (Lipinski definition) is 3. The third kappa shape index (κ3) is 3.37. The first-order valence-corrected chi connectivity index (χ1v) is 7.06. The second kappa shape index (κ2) is 6.23. The van der Waals surface area contributed by atoms with Crippen molar-refractivity contribution < 1.29 is 19.8 Å². The van der Waals surface area contributed by atoms with Gasteiger partial charge < -0.3 is 20.0 Å². The van der Waals surface area contributed by atoms with Crippen LogP contribution in [-0.4, -0.2) is 63.8 Å². The highest BCUT2D eigenvalue weighted by Gasteiger charge is 2.40. The number of amides is 2. The topological polar surface area (TPSA) is 81.1 Å². The fourth-order valence-corrected chi connectivity index (χ4v) is 2.88. The molecule has 0 saturated carbocycles. The van der Waals surface area contributed by atoms with Gasteiger partial charge in [-0.3, -0.25) is 0 Å². The summed E-state index contributed by atoms with van der Waals surface area (Å²) in [6, 6.07) is -1.11. The molecule has 0 aromatic carbocycles. The van der Waals surface area contributed by atoms with E-state index in [0.717, 1.165) is 25.7 Å². The van der Waals surface area contributed by atoms with E-state index >= 15 is 0 Å². The van der Waals surface area contributed by atoms with Crippen molar-refractivity contribution >= 4 is 12.0 Å². The van der Waals surface area contributed by atoms with E-state index in [4.69, 9.17) is 5.11 Å². The zero-order valence-electron chi connectivity index (χ0n) is 11.1. The number of carbonyl (C=O) groups excluding carboxylic acids is 1. The fraction of sp³-hybridized carbons (Fsp3) is 0.846. The van der Waals surface area contributed by atoms with Crippen molar-refractivity contribution in [2.24, 2.45) is 0 Å².